The van der Waals surface area contributed by atoms with Crippen LogP contribution in [0.2, 0.25) is 0 Å². The van der Waals surface area contributed by atoms with Crippen molar-refractivity contribution in [1.82, 2.24) is 0 Å². The van der Waals surface area contributed by atoms with Crippen molar-refractivity contribution in [3.8, 4) is 0 Å². The van der Waals surface area contributed by atoms with Gasteiger partial charge in [-0.05, 0) is 38.3 Å². The van der Waals surface area contributed by atoms with Gasteiger partial charge in [0.05, 0.1) is 11.0 Å². The normalized spacial score (nSPS) is 29.3. The van der Waals surface area contributed by atoms with Crippen LogP contribution in [-0.2, 0) is 24.1 Å². The van der Waals surface area contributed by atoms with Crippen LogP contribution in [0, 0.1) is 0 Å². The first-order valence-electron chi connectivity index (χ1n) is 7.15. The Kier molecular flexibility index (Phi) is 3.75. The number of benzene rings is 1. The van der Waals surface area contributed by atoms with Gasteiger partial charge in [0.2, 0.25) is 0 Å². The summed E-state index contributed by atoms with van der Waals surface area (Å²) in [6, 6.07) is 7.97. The van der Waals surface area contributed by atoms with Crippen molar-refractivity contribution in [2.45, 2.75) is 54.6 Å². The number of rotatable bonds is 4. The summed E-state index contributed by atoms with van der Waals surface area (Å²) in [6.45, 7) is 1.37. The molecule has 0 aromatic heterocycles. The molecule has 1 saturated heterocycles. The summed E-state index contributed by atoms with van der Waals surface area (Å²) < 4.78 is 35.5. The maximum absolute atomic E-state index is 12.4. The molecule has 21 heavy (non-hydrogen) atoms. The molecule has 4 unspecified atom stereocenters. The third kappa shape index (κ3) is 2.82. The monoisotopic (exact) mass is 310 g/mol. The van der Waals surface area contributed by atoms with E-state index >= 15 is 0 Å². The van der Waals surface area contributed by atoms with E-state index in [1.165, 1.54) is 19.1 Å². The molecule has 0 bridgehead atoms. The fourth-order valence-corrected chi connectivity index (χ4v) is 3.97. The van der Waals surface area contributed by atoms with Gasteiger partial charge >= 0.3 is 5.97 Å². The van der Waals surface area contributed by atoms with Crippen LogP contribution in [0.15, 0.2) is 35.2 Å². The van der Waals surface area contributed by atoms with Gasteiger partial charge in [-0.3, -0.25) is 4.79 Å². The molecule has 0 spiro atoms. The number of carbonyl (C=O) groups excluding carboxylic acids is 1. The Hall–Kier alpha value is -1.40. The third-order valence-corrected chi connectivity index (χ3v) is 6.15. The number of hydrogen-bond donors (Lipinski definition) is 0. The largest absolute Gasteiger partial charge is 0.459 e. The molecule has 3 rings (SSSR count). The number of fused-ring (bicyclic) bond motifs is 1. The molecule has 114 valence electrons. The smallest absolute Gasteiger partial charge is 0.324 e. The van der Waals surface area contributed by atoms with E-state index in [9.17, 15) is 13.2 Å². The van der Waals surface area contributed by atoms with Crippen molar-refractivity contribution in [3.63, 3.8) is 0 Å². The molecule has 2 aliphatic rings. The first-order chi connectivity index (χ1) is 10.00. The van der Waals surface area contributed by atoms with Crippen LogP contribution in [-0.4, -0.2) is 37.9 Å². The van der Waals surface area contributed by atoms with Crippen molar-refractivity contribution in [2.24, 2.45) is 0 Å². The number of esters is 1. The van der Waals surface area contributed by atoms with E-state index in [1.54, 1.807) is 18.2 Å². The van der Waals surface area contributed by atoms with Gasteiger partial charge in [-0.1, -0.05) is 18.2 Å². The lowest BCUT2D eigenvalue weighted by molar-refractivity contribution is -0.149. The molecule has 1 aliphatic carbocycles. The molecule has 6 heteroatoms. The van der Waals surface area contributed by atoms with Gasteiger partial charge in [0.15, 0.2) is 15.1 Å². The molecule has 4 atom stereocenters. The van der Waals surface area contributed by atoms with Crippen molar-refractivity contribution in [3.05, 3.63) is 30.3 Å². The molecule has 1 aromatic carbocycles. The van der Waals surface area contributed by atoms with Crippen LogP contribution in [0.3, 0.4) is 0 Å². The van der Waals surface area contributed by atoms with Gasteiger partial charge in [-0.2, -0.15) is 0 Å². The second-order valence-corrected chi connectivity index (χ2v) is 7.81. The van der Waals surface area contributed by atoms with Gasteiger partial charge in [0, 0.05) is 0 Å². The molecule has 0 N–H and O–H groups in total. The number of ether oxygens (including phenoxy) is 2. The third-order valence-electron chi connectivity index (χ3n) is 4.10. The molecule has 2 fully saturated rings. The highest BCUT2D eigenvalue weighted by Crippen LogP contribution is 2.38. The van der Waals surface area contributed by atoms with Crippen LogP contribution in [0.25, 0.3) is 0 Å². The maximum Gasteiger partial charge on any atom is 0.324 e. The van der Waals surface area contributed by atoms with Gasteiger partial charge < -0.3 is 9.47 Å². The number of carbonyl (C=O) groups is 1. The highest BCUT2D eigenvalue weighted by Gasteiger charge is 2.49. The summed E-state index contributed by atoms with van der Waals surface area (Å²) in [5.74, 6) is -0.694. The first kappa shape index (κ1) is 14.5. The van der Waals surface area contributed by atoms with E-state index in [-0.39, 0.29) is 23.2 Å². The molecule has 1 heterocycles. The fourth-order valence-electron chi connectivity index (χ4n) is 2.71. The summed E-state index contributed by atoms with van der Waals surface area (Å²) in [7, 11) is -3.71. The second-order valence-electron chi connectivity index (χ2n) is 5.55. The van der Waals surface area contributed by atoms with E-state index in [2.05, 4.69) is 0 Å². The van der Waals surface area contributed by atoms with Crippen LogP contribution in [0.4, 0.5) is 0 Å². The molecular weight excluding hydrogens is 292 g/mol. The van der Waals surface area contributed by atoms with Gasteiger partial charge in [-0.15, -0.1) is 0 Å². The lowest BCUT2D eigenvalue weighted by Gasteiger charge is -2.21. The standard InChI is InChI=1S/C15H18O5S/c1-10(21(17,18)11-6-3-2-4-7-11)15(16)20-13-9-5-8-12-14(13)19-12/h2-4,6-7,10,12-14H,5,8-9H2,1H3. The molecule has 0 radical (unpaired) electrons. The van der Waals surface area contributed by atoms with Crippen molar-refractivity contribution >= 4 is 15.8 Å². The van der Waals surface area contributed by atoms with E-state index in [4.69, 9.17) is 9.47 Å². The van der Waals surface area contributed by atoms with Crippen LogP contribution in [0.1, 0.15) is 26.2 Å². The van der Waals surface area contributed by atoms with Crippen LogP contribution in [0.5, 0.6) is 0 Å². The lowest BCUT2D eigenvalue weighted by atomic mass is 9.98. The van der Waals surface area contributed by atoms with E-state index in [1.807, 2.05) is 0 Å². The highest BCUT2D eigenvalue weighted by atomic mass is 32.2. The second kappa shape index (κ2) is 5.42. The Morgan fingerprint density at radius 1 is 1.29 bits per heavy atom. The van der Waals surface area contributed by atoms with Crippen molar-refractivity contribution in [2.75, 3.05) is 0 Å². The molecule has 0 amide bonds. The molecule has 5 nitrogen and oxygen atoms in total. The molecular formula is C15H18O5S. The predicted molar refractivity (Wildman–Crippen MR) is 75.5 cm³/mol. The number of hydrogen-bond acceptors (Lipinski definition) is 5. The Labute approximate surface area is 124 Å². The Bertz CT molecular complexity index is 625. The summed E-state index contributed by atoms with van der Waals surface area (Å²) in [5.41, 5.74) is 0. The minimum atomic E-state index is -3.71. The van der Waals surface area contributed by atoms with Crippen molar-refractivity contribution in [1.29, 1.82) is 0 Å². The molecule has 1 saturated carbocycles. The summed E-state index contributed by atoms with van der Waals surface area (Å²) in [5, 5.41) is -1.21. The Balaban J connectivity index is 1.69. The minimum Gasteiger partial charge on any atom is -0.459 e. The summed E-state index contributed by atoms with van der Waals surface area (Å²) >= 11 is 0. The van der Waals surface area contributed by atoms with Gasteiger partial charge in [0.1, 0.15) is 12.2 Å². The van der Waals surface area contributed by atoms with E-state index < -0.39 is 21.1 Å². The Morgan fingerprint density at radius 2 is 2.00 bits per heavy atom. The van der Waals surface area contributed by atoms with Crippen molar-refractivity contribution < 1.29 is 22.7 Å². The zero-order valence-corrected chi connectivity index (χ0v) is 12.6. The maximum atomic E-state index is 12.4. The number of epoxide rings is 1. The SMILES string of the molecule is CC(C(=O)OC1CCCC2OC12)S(=O)(=O)c1ccccc1. The highest BCUT2D eigenvalue weighted by molar-refractivity contribution is 7.92. The van der Waals surface area contributed by atoms with Gasteiger partial charge in [-0.25, -0.2) is 8.42 Å². The topological polar surface area (TPSA) is 73.0 Å². The van der Waals surface area contributed by atoms with Crippen LogP contribution >= 0.6 is 0 Å². The van der Waals surface area contributed by atoms with Gasteiger partial charge in [0.25, 0.3) is 0 Å². The minimum absolute atomic E-state index is 0.0330. The summed E-state index contributed by atoms with van der Waals surface area (Å²) in [4.78, 5) is 12.3. The number of sulfone groups is 1. The average Bonchev–Trinajstić information content (AvgIpc) is 3.28. The van der Waals surface area contributed by atoms with Crippen LogP contribution < -0.4 is 0 Å². The molecule has 1 aliphatic heterocycles. The first-order valence-corrected chi connectivity index (χ1v) is 8.69. The molecule has 1 aromatic rings. The van der Waals surface area contributed by atoms with E-state index in [0.717, 1.165) is 19.3 Å². The zero-order chi connectivity index (χ0) is 15.0. The Morgan fingerprint density at radius 3 is 2.71 bits per heavy atom. The zero-order valence-electron chi connectivity index (χ0n) is 11.8. The fraction of sp³-hybridized carbons (Fsp3) is 0.533. The average molecular weight is 310 g/mol. The quantitative estimate of drug-likeness (QED) is 0.625. The predicted octanol–water partition coefficient (Wildman–Crippen LogP) is 1.71. The lowest BCUT2D eigenvalue weighted by Crippen LogP contribution is -2.35. The summed E-state index contributed by atoms with van der Waals surface area (Å²) in [6.07, 6.45) is 2.54. The van der Waals surface area contributed by atoms with E-state index in [0.29, 0.717) is 0 Å².